The Morgan fingerprint density at radius 1 is 0.789 bits per heavy atom. The number of amides is 1. The van der Waals surface area contributed by atoms with E-state index < -0.39 is 11.6 Å². The molecule has 10 heteroatoms. The van der Waals surface area contributed by atoms with Gasteiger partial charge in [-0.3, -0.25) is 4.79 Å². The number of hydrogen-bond donors (Lipinski definition) is 0. The number of aromatic nitrogens is 1. The molecule has 1 fully saturated rings. The SMILES string of the molecule is Cc1c(C(=O)N2CCN(c3ccc(F)cc3F)CC2)cc(-c2ccc(Cl)cc2)n1-c1ccc(Cl)cc1Cl.Cl. The van der Waals surface area contributed by atoms with Crippen LogP contribution >= 0.6 is 47.2 Å². The Balaban J connectivity index is 0.00000336. The normalized spacial score (nSPS) is 13.4. The van der Waals surface area contributed by atoms with Crippen molar-refractivity contribution in [2.45, 2.75) is 6.92 Å². The summed E-state index contributed by atoms with van der Waals surface area (Å²) in [5.41, 5.74) is 3.95. The van der Waals surface area contributed by atoms with Gasteiger partial charge in [0.2, 0.25) is 0 Å². The topological polar surface area (TPSA) is 28.5 Å². The summed E-state index contributed by atoms with van der Waals surface area (Å²) in [6, 6.07) is 18.0. The summed E-state index contributed by atoms with van der Waals surface area (Å²) in [5, 5.41) is 1.57. The van der Waals surface area contributed by atoms with E-state index in [9.17, 15) is 13.6 Å². The fourth-order valence-electron chi connectivity index (χ4n) is 4.69. The average molecular weight is 597 g/mol. The highest BCUT2D eigenvalue weighted by molar-refractivity contribution is 6.35. The van der Waals surface area contributed by atoms with E-state index in [1.807, 2.05) is 40.7 Å². The molecule has 0 radical (unpaired) electrons. The van der Waals surface area contributed by atoms with Crippen LogP contribution in [0, 0.1) is 18.6 Å². The molecule has 1 aliphatic heterocycles. The Morgan fingerprint density at radius 2 is 1.42 bits per heavy atom. The standard InChI is InChI=1S/C28H22Cl3F2N3O.ClH/c1-17-22(28(37)35-12-10-34(11-13-35)26-9-7-21(32)15-24(26)33)16-27(18-2-4-19(29)5-3-18)36(17)25-8-6-20(30)14-23(25)31;/h2-9,14-16H,10-13H2,1H3;1H. The molecule has 4 aromatic rings. The number of benzene rings is 3. The number of nitrogens with zero attached hydrogens (tertiary/aromatic N) is 3. The summed E-state index contributed by atoms with van der Waals surface area (Å²) in [7, 11) is 0. The van der Waals surface area contributed by atoms with Gasteiger partial charge in [-0.15, -0.1) is 12.4 Å². The lowest BCUT2D eigenvalue weighted by molar-refractivity contribution is 0.0746. The Bertz CT molecular complexity index is 1480. The van der Waals surface area contributed by atoms with Crippen LogP contribution in [-0.2, 0) is 0 Å². The van der Waals surface area contributed by atoms with Gasteiger partial charge in [0.15, 0.2) is 0 Å². The molecule has 1 aliphatic rings. The minimum Gasteiger partial charge on any atom is -0.366 e. The Kier molecular flexibility index (Phi) is 8.58. The van der Waals surface area contributed by atoms with Crippen molar-refractivity contribution in [3.05, 3.63) is 105 Å². The van der Waals surface area contributed by atoms with Crippen LogP contribution in [0.3, 0.4) is 0 Å². The molecule has 4 nitrogen and oxygen atoms in total. The number of piperazine rings is 1. The molecule has 0 spiro atoms. The van der Waals surface area contributed by atoms with Gasteiger partial charge in [0, 0.05) is 48.0 Å². The summed E-state index contributed by atoms with van der Waals surface area (Å²) in [5.74, 6) is -1.36. The van der Waals surface area contributed by atoms with Crippen LogP contribution in [0.25, 0.3) is 16.9 Å². The number of carbonyl (C=O) groups excluding carboxylic acids is 1. The number of rotatable bonds is 4. The van der Waals surface area contributed by atoms with Crippen molar-refractivity contribution in [3.8, 4) is 16.9 Å². The molecule has 0 atom stereocenters. The molecule has 1 aromatic heterocycles. The summed E-state index contributed by atoms with van der Waals surface area (Å²) >= 11 is 18.8. The number of anilines is 1. The highest BCUT2D eigenvalue weighted by Gasteiger charge is 2.28. The van der Waals surface area contributed by atoms with Crippen molar-refractivity contribution >= 4 is 58.8 Å². The largest absolute Gasteiger partial charge is 0.366 e. The number of hydrogen-bond acceptors (Lipinski definition) is 2. The highest BCUT2D eigenvalue weighted by atomic mass is 35.5. The second kappa shape index (κ2) is 11.5. The lowest BCUT2D eigenvalue weighted by atomic mass is 10.1. The van der Waals surface area contributed by atoms with Gasteiger partial charge in [0.1, 0.15) is 11.6 Å². The maximum atomic E-state index is 14.3. The van der Waals surface area contributed by atoms with E-state index in [1.54, 1.807) is 29.2 Å². The van der Waals surface area contributed by atoms with Gasteiger partial charge in [-0.2, -0.15) is 0 Å². The molecule has 2 heterocycles. The third-order valence-corrected chi connectivity index (χ3v) is 7.38. The van der Waals surface area contributed by atoms with E-state index in [2.05, 4.69) is 0 Å². The van der Waals surface area contributed by atoms with Crippen molar-refractivity contribution in [1.29, 1.82) is 0 Å². The van der Waals surface area contributed by atoms with Crippen LogP contribution in [0.4, 0.5) is 14.5 Å². The minimum absolute atomic E-state index is 0. The molecule has 0 unspecified atom stereocenters. The molecular formula is C28H23Cl4F2N3O. The van der Waals surface area contributed by atoms with Crippen LogP contribution in [0.1, 0.15) is 16.1 Å². The first-order valence-corrected chi connectivity index (χ1v) is 12.8. The zero-order valence-electron chi connectivity index (χ0n) is 20.2. The molecule has 38 heavy (non-hydrogen) atoms. The fourth-order valence-corrected chi connectivity index (χ4v) is 5.31. The van der Waals surface area contributed by atoms with Crippen molar-refractivity contribution in [2.24, 2.45) is 0 Å². The van der Waals surface area contributed by atoms with Crippen LogP contribution in [-0.4, -0.2) is 41.6 Å². The predicted molar refractivity (Wildman–Crippen MR) is 153 cm³/mol. The highest BCUT2D eigenvalue weighted by Crippen LogP contribution is 2.35. The molecule has 0 aliphatic carbocycles. The first kappa shape index (κ1) is 28.2. The van der Waals surface area contributed by atoms with Gasteiger partial charge in [0.05, 0.1) is 27.7 Å². The Labute approximate surface area is 240 Å². The zero-order valence-corrected chi connectivity index (χ0v) is 23.3. The first-order chi connectivity index (χ1) is 17.7. The van der Waals surface area contributed by atoms with Crippen molar-refractivity contribution in [3.63, 3.8) is 0 Å². The van der Waals surface area contributed by atoms with Crippen LogP contribution in [0.5, 0.6) is 0 Å². The van der Waals surface area contributed by atoms with E-state index in [1.165, 1.54) is 12.1 Å². The van der Waals surface area contributed by atoms with Gasteiger partial charge in [0.25, 0.3) is 5.91 Å². The van der Waals surface area contributed by atoms with Crippen molar-refractivity contribution in [1.82, 2.24) is 9.47 Å². The lowest BCUT2D eigenvalue weighted by Gasteiger charge is -2.36. The van der Waals surface area contributed by atoms with Gasteiger partial charge >= 0.3 is 0 Å². The Morgan fingerprint density at radius 3 is 2.05 bits per heavy atom. The van der Waals surface area contributed by atoms with E-state index in [0.717, 1.165) is 23.0 Å². The number of halogens is 6. The number of carbonyl (C=O) groups is 1. The maximum Gasteiger partial charge on any atom is 0.255 e. The molecular weight excluding hydrogens is 574 g/mol. The van der Waals surface area contributed by atoms with Crippen LogP contribution in [0.2, 0.25) is 15.1 Å². The molecule has 3 aromatic carbocycles. The zero-order chi connectivity index (χ0) is 26.3. The summed E-state index contributed by atoms with van der Waals surface area (Å²) in [4.78, 5) is 17.3. The maximum absolute atomic E-state index is 14.3. The van der Waals surface area contributed by atoms with Gasteiger partial charge in [-0.1, -0.05) is 46.9 Å². The fraction of sp³-hybridized carbons (Fsp3) is 0.179. The summed E-state index contributed by atoms with van der Waals surface area (Å²) in [6.45, 7) is 3.54. The summed E-state index contributed by atoms with van der Waals surface area (Å²) < 4.78 is 29.5. The molecule has 0 bridgehead atoms. The third kappa shape index (κ3) is 5.50. The van der Waals surface area contributed by atoms with Crippen molar-refractivity contribution in [2.75, 3.05) is 31.1 Å². The van der Waals surface area contributed by atoms with Crippen LogP contribution in [0.15, 0.2) is 66.7 Å². The average Bonchev–Trinajstić information content (AvgIpc) is 3.21. The van der Waals surface area contributed by atoms with Gasteiger partial charge < -0.3 is 14.4 Å². The smallest absolute Gasteiger partial charge is 0.255 e. The van der Waals surface area contributed by atoms with Crippen molar-refractivity contribution < 1.29 is 13.6 Å². The van der Waals surface area contributed by atoms with E-state index in [0.29, 0.717) is 58.2 Å². The molecule has 1 saturated heterocycles. The summed E-state index contributed by atoms with van der Waals surface area (Å²) in [6.07, 6.45) is 0. The second-order valence-corrected chi connectivity index (χ2v) is 10.1. The van der Waals surface area contributed by atoms with Gasteiger partial charge in [-0.25, -0.2) is 8.78 Å². The first-order valence-electron chi connectivity index (χ1n) is 11.7. The third-order valence-electron chi connectivity index (χ3n) is 6.59. The van der Waals surface area contributed by atoms with E-state index >= 15 is 0 Å². The second-order valence-electron chi connectivity index (χ2n) is 8.84. The monoisotopic (exact) mass is 595 g/mol. The predicted octanol–water partition coefficient (Wildman–Crippen LogP) is 8.08. The van der Waals surface area contributed by atoms with Gasteiger partial charge in [-0.05, 0) is 61.0 Å². The minimum atomic E-state index is -0.618. The molecule has 5 rings (SSSR count). The van der Waals surface area contributed by atoms with E-state index in [4.69, 9.17) is 34.8 Å². The van der Waals surface area contributed by atoms with E-state index in [-0.39, 0.29) is 18.3 Å². The molecule has 1 amide bonds. The Hall–Kier alpha value is -2.77. The quantitative estimate of drug-likeness (QED) is 0.238. The lowest BCUT2D eigenvalue weighted by Crippen LogP contribution is -2.49. The molecule has 0 saturated carbocycles. The molecule has 198 valence electrons. The molecule has 0 N–H and O–H groups in total. The van der Waals surface area contributed by atoms with Crippen LogP contribution < -0.4 is 4.90 Å².